The fourth-order valence-corrected chi connectivity index (χ4v) is 0.435. The first-order valence-electron chi connectivity index (χ1n) is 3.15. The third-order valence-corrected chi connectivity index (χ3v) is 0.843. The molecule has 0 aliphatic carbocycles. The van der Waals surface area contributed by atoms with Crippen LogP contribution in [-0.2, 0) is 9.53 Å². The number of hydrogen-bond acceptors (Lipinski definition) is 3. The van der Waals surface area contributed by atoms with Crippen molar-refractivity contribution in [1.82, 2.24) is 0 Å². The molecule has 0 saturated carbocycles. The number of hydrogen-bond donors (Lipinski definition) is 2. The number of rotatable bonds is 4. The van der Waals surface area contributed by atoms with Gasteiger partial charge in [0.15, 0.2) is 0 Å². The molecule has 0 spiro atoms. The first-order chi connectivity index (χ1) is 4.66. The molecular weight excluding hydrogens is 132 g/mol. The van der Waals surface area contributed by atoms with Gasteiger partial charge in [0.05, 0.1) is 0 Å². The lowest BCUT2D eigenvalue weighted by molar-refractivity contribution is -0.142. The second-order valence-corrected chi connectivity index (χ2v) is 1.94. The van der Waals surface area contributed by atoms with E-state index in [-0.39, 0.29) is 18.4 Å². The summed E-state index contributed by atoms with van der Waals surface area (Å²) < 4.78 is 4.56. The van der Waals surface area contributed by atoms with Crippen LogP contribution in [0, 0.1) is 5.41 Å². The molecule has 0 aliphatic rings. The fourth-order valence-electron chi connectivity index (χ4n) is 0.435. The number of nitrogens with two attached hydrogens (primary N) is 1. The minimum Gasteiger partial charge on any atom is -0.458 e. The molecule has 0 heterocycles. The van der Waals surface area contributed by atoms with E-state index in [0.29, 0.717) is 6.42 Å². The standard InChI is InChI=1S/C6H12N2O2/c1-2-3-6(9)10-4-5(7)8/h2-4H2,1H3,(H3,7,8). The zero-order chi connectivity index (χ0) is 7.98. The third kappa shape index (κ3) is 5.08. The number of nitrogens with one attached hydrogen (secondary N) is 1. The molecule has 58 valence electrons. The average Bonchev–Trinajstić information content (AvgIpc) is 1.85. The van der Waals surface area contributed by atoms with Crippen molar-refractivity contribution in [3.8, 4) is 0 Å². The molecule has 0 saturated heterocycles. The van der Waals surface area contributed by atoms with Gasteiger partial charge in [0.25, 0.3) is 0 Å². The molecule has 0 radical (unpaired) electrons. The molecule has 10 heavy (non-hydrogen) atoms. The number of ether oxygens (including phenoxy) is 1. The molecule has 4 nitrogen and oxygen atoms in total. The zero-order valence-electron chi connectivity index (χ0n) is 6.02. The summed E-state index contributed by atoms with van der Waals surface area (Å²) in [5.41, 5.74) is 4.94. The van der Waals surface area contributed by atoms with Gasteiger partial charge in [-0.15, -0.1) is 0 Å². The first kappa shape index (κ1) is 8.94. The van der Waals surface area contributed by atoms with Crippen LogP contribution >= 0.6 is 0 Å². The maximum atomic E-state index is 10.6. The summed E-state index contributed by atoms with van der Waals surface area (Å²) >= 11 is 0. The first-order valence-corrected chi connectivity index (χ1v) is 3.15. The van der Waals surface area contributed by atoms with Gasteiger partial charge in [0.2, 0.25) is 0 Å². The number of carbonyl (C=O) groups excluding carboxylic acids is 1. The Morgan fingerprint density at radius 1 is 1.70 bits per heavy atom. The molecule has 0 fully saturated rings. The van der Waals surface area contributed by atoms with Crippen LogP contribution in [0.15, 0.2) is 0 Å². The summed E-state index contributed by atoms with van der Waals surface area (Å²) in [6.07, 6.45) is 1.16. The molecule has 0 atom stereocenters. The van der Waals surface area contributed by atoms with Crippen molar-refractivity contribution in [2.24, 2.45) is 5.73 Å². The highest BCUT2D eigenvalue weighted by molar-refractivity contribution is 5.81. The molecule has 3 N–H and O–H groups in total. The van der Waals surface area contributed by atoms with E-state index in [9.17, 15) is 4.79 Å². The number of amidine groups is 1. The third-order valence-electron chi connectivity index (χ3n) is 0.843. The Labute approximate surface area is 59.9 Å². The molecule has 4 heteroatoms. The lowest BCUT2D eigenvalue weighted by atomic mass is 10.3. The molecule has 0 aromatic heterocycles. The largest absolute Gasteiger partial charge is 0.458 e. The zero-order valence-corrected chi connectivity index (χ0v) is 6.02. The van der Waals surface area contributed by atoms with E-state index in [2.05, 4.69) is 4.74 Å². The second-order valence-electron chi connectivity index (χ2n) is 1.94. The highest BCUT2D eigenvalue weighted by Gasteiger charge is 1.99. The van der Waals surface area contributed by atoms with Gasteiger partial charge in [0, 0.05) is 6.42 Å². The van der Waals surface area contributed by atoms with Crippen molar-refractivity contribution < 1.29 is 9.53 Å². The molecular formula is C6H12N2O2. The van der Waals surface area contributed by atoms with Crippen molar-refractivity contribution in [3.63, 3.8) is 0 Å². The van der Waals surface area contributed by atoms with Crippen molar-refractivity contribution in [3.05, 3.63) is 0 Å². The maximum absolute atomic E-state index is 10.6. The Bertz CT molecular complexity index is 134. The molecule has 0 aliphatic heterocycles. The summed E-state index contributed by atoms with van der Waals surface area (Å²) in [7, 11) is 0. The Hall–Kier alpha value is -1.06. The van der Waals surface area contributed by atoms with Crippen LogP contribution < -0.4 is 5.73 Å². The predicted molar refractivity (Wildman–Crippen MR) is 37.8 cm³/mol. The van der Waals surface area contributed by atoms with Crippen LogP contribution in [0.3, 0.4) is 0 Å². The van der Waals surface area contributed by atoms with Crippen LogP contribution in [0.25, 0.3) is 0 Å². The summed E-state index contributed by atoms with van der Waals surface area (Å²) in [6, 6.07) is 0. The fraction of sp³-hybridized carbons (Fsp3) is 0.667. The van der Waals surface area contributed by atoms with E-state index in [1.54, 1.807) is 0 Å². The Kier molecular flexibility index (Phi) is 4.28. The molecule has 0 bridgehead atoms. The van der Waals surface area contributed by atoms with Crippen LogP contribution in [0.5, 0.6) is 0 Å². The lowest BCUT2D eigenvalue weighted by Gasteiger charge is -2.00. The van der Waals surface area contributed by atoms with Crippen molar-refractivity contribution in [1.29, 1.82) is 5.41 Å². The van der Waals surface area contributed by atoms with Crippen molar-refractivity contribution in [2.45, 2.75) is 19.8 Å². The van der Waals surface area contributed by atoms with Gasteiger partial charge >= 0.3 is 5.97 Å². The average molecular weight is 144 g/mol. The highest BCUT2D eigenvalue weighted by atomic mass is 16.5. The van der Waals surface area contributed by atoms with Gasteiger partial charge in [-0.25, -0.2) is 0 Å². The van der Waals surface area contributed by atoms with Crippen LogP contribution in [-0.4, -0.2) is 18.4 Å². The van der Waals surface area contributed by atoms with E-state index in [0.717, 1.165) is 6.42 Å². The summed E-state index contributed by atoms with van der Waals surface area (Å²) in [5, 5.41) is 6.72. The lowest BCUT2D eigenvalue weighted by Crippen LogP contribution is -2.19. The van der Waals surface area contributed by atoms with Gasteiger partial charge in [-0.1, -0.05) is 6.92 Å². The van der Waals surface area contributed by atoms with E-state index < -0.39 is 0 Å². The predicted octanol–water partition coefficient (Wildman–Crippen LogP) is 0.266. The Morgan fingerprint density at radius 3 is 2.70 bits per heavy atom. The van der Waals surface area contributed by atoms with Gasteiger partial charge in [0.1, 0.15) is 12.4 Å². The topological polar surface area (TPSA) is 76.2 Å². The molecule has 0 rings (SSSR count). The van der Waals surface area contributed by atoms with Gasteiger partial charge in [-0.3, -0.25) is 10.2 Å². The van der Waals surface area contributed by atoms with E-state index in [1.165, 1.54) is 0 Å². The van der Waals surface area contributed by atoms with E-state index in [1.807, 2.05) is 6.92 Å². The van der Waals surface area contributed by atoms with Gasteiger partial charge in [-0.05, 0) is 6.42 Å². The summed E-state index contributed by atoms with van der Waals surface area (Å²) in [6.45, 7) is 1.80. The Morgan fingerprint density at radius 2 is 2.30 bits per heavy atom. The monoisotopic (exact) mass is 144 g/mol. The Balaban J connectivity index is 3.30. The van der Waals surface area contributed by atoms with E-state index >= 15 is 0 Å². The minimum absolute atomic E-state index is 0.0845. The summed E-state index contributed by atoms with van der Waals surface area (Å²) in [5.74, 6) is -0.415. The van der Waals surface area contributed by atoms with Gasteiger partial charge in [-0.2, -0.15) is 0 Å². The van der Waals surface area contributed by atoms with Crippen molar-refractivity contribution in [2.75, 3.05) is 6.61 Å². The van der Waals surface area contributed by atoms with E-state index in [4.69, 9.17) is 11.1 Å². The molecule has 0 amide bonds. The molecule has 0 aromatic carbocycles. The molecule has 0 unspecified atom stereocenters. The number of carbonyl (C=O) groups is 1. The smallest absolute Gasteiger partial charge is 0.306 e. The second kappa shape index (κ2) is 4.78. The van der Waals surface area contributed by atoms with Crippen molar-refractivity contribution >= 4 is 11.8 Å². The molecule has 0 aromatic rings. The number of esters is 1. The SMILES string of the molecule is CCCC(=O)OCC(=N)N. The van der Waals surface area contributed by atoms with Crippen LogP contribution in [0.4, 0.5) is 0 Å². The van der Waals surface area contributed by atoms with Crippen LogP contribution in [0.1, 0.15) is 19.8 Å². The quantitative estimate of drug-likeness (QED) is 0.337. The van der Waals surface area contributed by atoms with Crippen LogP contribution in [0.2, 0.25) is 0 Å². The highest BCUT2D eigenvalue weighted by Crippen LogP contribution is 1.89. The van der Waals surface area contributed by atoms with Gasteiger partial charge < -0.3 is 10.5 Å². The summed E-state index contributed by atoms with van der Waals surface area (Å²) in [4.78, 5) is 10.6. The maximum Gasteiger partial charge on any atom is 0.306 e. The minimum atomic E-state index is -0.294. The normalized spacial score (nSPS) is 8.90.